The highest BCUT2D eigenvalue weighted by Crippen LogP contribution is 2.23. The summed E-state index contributed by atoms with van der Waals surface area (Å²) in [7, 11) is 0. The first-order valence-corrected chi connectivity index (χ1v) is 6.20. The molecule has 0 aromatic heterocycles. The SMILES string of the molecule is CCC(CN(CC(CC)([N+](=O)[O-])[N+](=O)[O-])N=O)([N+](=O)[O-])[N+](=O)[O-]. The van der Waals surface area contributed by atoms with Crippen molar-refractivity contribution in [2.45, 2.75) is 38.0 Å². The summed E-state index contributed by atoms with van der Waals surface area (Å²) in [5.41, 5.74) is -5.72. The molecule has 0 aromatic rings. The van der Waals surface area contributed by atoms with Gasteiger partial charge in [0.2, 0.25) is 0 Å². The van der Waals surface area contributed by atoms with Crippen LogP contribution in [0, 0.1) is 45.4 Å². The number of nitroso groups, excluding NO2 is 1. The summed E-state index contributed by atoms with van der Waals surface area (Å²) < 4.78 is 0. The number of nitro groups is 4. The van der Waals surface area contributed by atoms with E-state index in [0.29, 0.717) is 0 Å². The molecule has 0 aliphatic carbocycles. The Labute approximate surface area is 127 Å². The van der Waals surface area contributed by atoms with Crippen LogP contribution in [0.2, 0.25) is 0 Å². The van der Waals surface area contributed by atoms with Gasteiger partial charge in [0.25, 0.3) is 0 Å². The second-order valence-corrected chi connectivity index (χ2v) is 4.60. The minimum atomic E-state index is -2.86. The van der Waals surface area contributed by atoms with Gasteiger partial charge in [0.05, 0.1) is 18.1 Å². The second-order valence-electron chi connectivity index (χ2n) is 4.60. The predicted molar refractivity (Wildman–Crippen MR) is 71.4 cm³/mol. The van der Waals surface area contributed by atoms with Gasteiger partial charge in [-0.25, -0.2) is 5.01 Å². The van der Waals surface area contributed by atoms with Gasteiger partial charge in [0, 0.05) is 0 Å². The molecule has 0 unspecified atom stereocenters. The third-order valence-corrected chi connectivity index (χ3v) is 3.48. The van der Waals surface area contributed by atoms with Gasteiger partial charge < -0.3 is 0 Å². The molecule has 23 heavy (non-hydrogen) atoms. The summed E-state index contributed by atoms with van der Waals surface area (Å²) >= 11 is 0. The zero-order valence-electron chi connectivity index (χ0n) is 12.2. The molecule has 15 heteroatoms. The van der Waals surface area contributed by atoms with Crippen molar-refractivity contribution in [3.8, 4) is 0 Å². The van der Waals surface area contributed by atoms with E-state index in [0.717, 1.165) is 13.8 Å². The minimum absolute atomic E-state index is 0.0736. The average molecular weight is 338 g/mol. The number of hydrogen-bond acceptors (Lipinski definition) is 10. The lowest BCUT2D eigenvalue weighted by molar-refractivity contribution is -0.804. The first-order chi connectivity index (χ1) is 10.5. The van der Waals surface area contributed by atoms with E-state index < -0.39 is 57.0 Å². The predicted octanol–water partition coefficient (Wildman–Crippen LogP) is 0.289. The number of rotatable bonds is 11. The zero-order valence-corrected chi connectivity index (χ0v) is 12.2. The molecule has 0 atom stereocenters. The van der Waals surface area contributed by atoms with Gasteiger partial charge >= 0.3 is 11.3 Å². The quantitative estimate of drug-likeness (QED) is 0.217. The van der Waals surface area contributed by atoms with Crippen molar-refractivity contribution in [2.24, 2.45) is 5.29 Å². The highest BCUT2D eigenvalue weighted by molar-refractivity contribution is 4.76. The Kier molecular flexibility index (Phi) is 6.37. The van der Waals surface area contributed by atoms with Crippen LogP contribution in [-0.2, 0) is 0 Å². The zero-order chi connectivity index (χ0) is 18.4. The van der Waals surface area contributed by atoms with Crippen molar-refractivity contribution in [1.29, 1.82) is 0 Å². The molecular formula is C8H14N6O9. The molecule has 0 amide bonds. The first kappa shape index (κ1) is 20.0. The van der Waals surface area contributed by atoms with Gasteiger partial charge in [-0.05, 0) is 0 Å². The fraction of sp³-hybridized carbons (Fsp3) is 1.00. The van der Waals surface area contributed by atoms with Crippen LogP contribution >= 0.6 is 0 Å². The van der Waals surface area contributed by atoms with Crippen LogP contribution in [-0.4, -0.2) is 49.1 Å². The largest absolute Gasteiger partial charge is 0.476 e. The van der Waals surface area contributed by atoms with Gasteiger partial charge in [-0.1, -0.05) is 13.8 Å². The lowest BCUT2D eigenvalue weighted by Crippen LogP contribution is -2.58. The number of hydrogen-bond donors (Lipinski definition) is 0. The molecule has 0 saturated carbocycles. The van der Waals surface area contributed by atoms with Crippen LogP contribution in [0.15, 0.2) is 5.29 Å². The Morgan fingerprint density at radius 1 is 0.783 bits per heavy atom. The third-order valence-electron chi connectivity index (χ3n) is 3.48. The van der Waals surface area contributed by atoms with E-state index in [9.17, 15) is 45.4 Å². The molecule has 0 bridgehead atoms. The lowest BCUT2D eigenvalue weighted by atomic mass is 10.1. The molecule has 130 valence electrons. The molecule has 0 saturated heterocycles. The minimum Gasteiger partial charge on any atom is -0.258 e. The Bertz CT molecular complexity index is 452. The van der Waals surface area contributed by atoms with Crippen molar-refractivity contribution in [3.05, 3.63) is 45.4 Å². The van der Waals surface area contributed by atoms with Crippen molar-refractivity contribution in [1.82, 2.24) is 5.01 Å². The van der Waals surface area contributed by atoms with E-state index in [4.69, 9.17) is 0 Å². The van der Waals surface area contributed by atoms with Crippen molar-refractivity contribution in [3.63, 3.8) is 0 Å². The summed E-state index contributed by atoms with van der Waals surface area (Å²) in [6.45, 7) is -0.280. The van der Waals surface area contributed by atoms with Gasteiger partial charge in [0.1, 0.15) is 19.7 Å². The van der Waals surface area contributed by atoms with E-state index in [1.54, 1.807) is 0 Å². The third kappa shape index (κ3) is 3.61. The molecule has 0 heterocycles. The maximum Gasteiger partial charge on any atom is 0.476 e. The molecule has 0 N–H and O–H groups in total. The van der Waals surface area contributed by atoms with Crippen molar-refractivity contribution >= 4 is 0 Å². The van der Waals surface area contributed by atoms with Crippen LogP contribution < -0.4 is 0 Å². The van der Waals surface area contributed by atoms with Gasteiger partial charge in [-0.15, -0.1) is 4.91 Å². The molecule has 0 radical (unpaired) electrons. The van der Waals surface area contributed by atoms with Gasteiger partial charge in [-0.3, -0.25) is 40.5 Å². The lowest BCUT2D eigenvalue weighted by Gasteiger charge is -2.23. The molecule has 0 aliphatic rings. The molecular weight excluding hydrogens is 324 g/mol. The fourth-order valence-corrected chi connectivity index (χ4v) is 1.80. The fourth-order valence-electron chi connectivity index (χ4n) is 1.80. The Morgan fingerprint density at radius 3 is 1.17 bits per heavy atom. The van der Waals surface area contributed by atoms with Gasteiger partial charge in [-0.2, -0.15) is 0 Å². The molecule has 0 rings (SSSR count). The van der Waals surface area contributed by atoms with Crippen LogP contribution in [0.5, 0.6) is 0 Å². The maximum absolute atomic E-state index is 11.0. The molecule has 0 aromatic carbocycles. The molecule has 0 spiro atoms. The van der Waals surface area contributed by atoms with E-state index in [1.165, 1.54) is 0 Å². The van der Waals surface area contributed by atoms with Crippen molar-refractivity contribution < 1.29 is 19.7 Å². The highest BCUT2D eigenvalue weighted by Gasteiger charge is 2.61. The normalized spacial score (nSPS) is 11.6. The Balaban J connectivity index is 5.73. The van der Waals surface area contributed by atoms with Crippen molar-refractivity contribution in [2.75, 3.05) is 13.1 Å². The smallest absolute Gasteiger partial charge is 0.258 e. The standard InChI is InChI=1S/C8H14N6O9/c1-3-7(11(16)17,12(18)19)5-10(9-15)6-8(4-2,13(20)21)14(22)23/h3-6H2,1-2H3. The molecule has 0 aliphatic heterocycles. The van der Waals surface area contributed by atoms with E-state index in [1.807, 2.05) is 0 Å². The maximum atomic E-state index is 11.0. The Hall–Kier alpha value is -3.00. The summed E-state index contributed by atoms with van der Waals surface area (Å²) in [6, 6.07) is 0. The summed E-state index contributed by atoms with van der Waals surface area (Å²) in [6.07, 6.45) is -1.32. The topological polar surface area (TPSA) is 205 Å². The average Bonchev–Trinajstić information content (AvgIpc) is 2.46. The molecule has 15 nitrogen and oxygen atoms in total. The summed E-state index contributed by atoms with van der Waals surface area (Å²) in [5.74, 6) is 0. The molecule has 0 fully saturated rings. The number of nitrogens with zero attached hydrogens (tertiary/aromatic N) is 6. The van der Waals surface area contributed by atoms with Crippen LogP contribution in [0.25, 0.3) is 0 Å². The second kappa shape index (κ2) is 7.32. The monoisotopic (exact) mass is 338 g/mol. The van der Waals surface area contributed by atoms with Crippen LogP contribution in [0.1, 0.15) is 26.7 Å². The van der Waals surface area contributed by atoms with Crippen LogP contribution in [0.3, 0.4) is 0 Å². The highest BCUT2D eigenvalue weighted by atomic mass is 16.7. The van der Waals surface area contributed by atoms with E-state index in [-0.39, 0.29) is 5.01 Å². The summed E-state index contributed by atoms with van der Waals surface area (Å²) in [4.78, 5) is 49.6. The van der Waals surface area contributed by atoms with Crippen LogP contribution in [0.4, 0.5) is 0 Å². The van der Waals surface area contributed by atoms with E-state index >= 15 is 0 Å². The summed E-state index contributed by atoms with van der Waals surface area (Å²) in [5, 5.41) is 46.2. The first-order valence-electron chi connectivity index (χ1n) is 6.20. The Morgan fingerprint density at radius 2 is 1.04 bits per heavy atom. The van der Waals surface area contributed by atoms with E-state index in [2.05, 4.69) is 5.29 Å². The van der Waals surface area contributed by atoms with Gasteiger partial charge in [0.15, 0.2) is 13.1 Å².